The first-order valence-corrected chi connectivity index (χ1v) is 9.46. The molecule has 0 bridgehead atoms. The Balaban J connectivity index is 0.00000484. The molecular weight excluding hydrogens is 495 g/mol. The van der Waals surface area contributed by atoms with Crippen LogP contribution in [0.1, 0.15) is 12.5 Å². The Morgan fingerprint density at radius 2 is 1.87 bits per heavy atom. The van der Waals surface area contributed by atoms with Crippen LogP contribution in [0.5, 0.6) is 0 Å². The Kier molecular flexibility index (Phi) is 11.0. The van der Waals surface area contributed by atoms with Crippen LogP contribution in [0.15, 0.2) is 33.7 Å². The van der Waals surface area contributed by atoms with E-state index in [1.54, 1.807) is 14.0 Å². The highest BCUT2D eigenvalue weighted by Gasteiger charge is 2.08. The van der Waals surface area contributed by atoms with E-state index in [0.717, 1.165) is 10.4 Å². The van der Waals surface area contributed by atoms with Gasteiger partial charge in [0.2, 0.25) is 10.0 Å². The molecule has 0 radical (unpaired) electrons. The molecule has 132 valence electrons. The molecule has 0 saturated heterocycles. The highest BCUT2D eigenvalue weighted by Crippen LogP contribution is 2.11. The summed E-state index contributed by atoms with van der Waals surface area (Å²) < 4.78 is 26.2. The summed E-state index contributed by atoms with van der Waals surface area (Å²) in [6, 6.07) is 8.09. The van der Waals surface area contributed by atoms with E-state index in [9.17, 15) is 8.42 Å². The van der Waals surface area contributed by atoms with E-state index in [4.69, 9.17) is 0 Å². The quantitative estimate of drug-likeness (QED) is 0.251. The Labute approximate surface area is 164 Å². The van der Waals surface area contributed by atoms with Crippen molar-refractivity contribution in [2.45, 2.75) is 13.5 Å². The molecule has 23 heavy (non-hydrogen) atoms. The molecule has 0 aliphatic carbocycles. The van der Waals surface area contributed by atoms with Crippen LogP contribution in [-0.2, 0) is 16.6 Å². The third-order valence-corrected chi connectivity index (χ3v) is 4.95. The number of hydrogen-bond donors (Lipinski definition) is 2. The topological polar surface area (TPSA) is 73.8 Å². The number of aliphatic imine (C=N–C) groups is 1. The molecule has 0 amide bonds. The highest BCUT2D eigenvalue weighted by atomic mass is 127. The van der Waals surface area contributed by atoms with E-state index in [0.29, 0.717) is 19.6 Å². The van der Waals surface area contributed by atoms with Gasteiger partial charge in [-0.25, -0.2) is 13.1 Å². The maximum Gasteiger partial charge on any atom is 0.211 e. The van der Waals surface area contributed by atoms with Crippen molar-refractivity contribution in [3.8, 4) is 0 Å². The summed E-state index contributed by atoms with van der Waals surface area (Å²) in [5, 5.41) is 3.14. The van der Waals surface area contributed by atoms with E-state index in [1.165, 1.54) is 5.56 Å². The van der Waals surface area contributed by atoms with Crippen molar-refractivity contribution in [1.29, 1.82) is 0 Å². The Morgan fingerprint density at radius 3 is 2.39 bits per heavy atom. The maximum atomic E-state index is 11.3. The van der Waals surface area contributed by atoms with Crippen LogP contribution in [0.2, 0.25) is 0 Å². The molecule has 0 aromatic heterocycles. The van der Waals surface area contributed by atoms with Crippen molar-refractivity contribution in [3.05, 3.63) is 34.3 Å². The fraction of sp³-hybridized carbons (Fsp3) is 0.500. The highest BCUT2D eigenvalue weighted by molar-refractivity contribution is 14.0. The largest absolute Gasteiger partial charge is 0.355 e. The second-order valence-electron chi connectivity index (χ2n) is 4.75. The van der Waals surface area contributed by atoms with Crippen molar-refractivity contribution in [2.75, 3.05) is 32.9 Å². The van der Waals surface area contributed by atoms with Gasteiger partial charge in [0.15, 0.2) is 5.96 Å². The number of hydrogen-bond acceptors (Lipinski definition) is 3. The number of benzene rings is 1. The summed E-state index contributed by atoms with van der Waals surface area (Å²) in [6.45, 7) is 3.15. The first kappa shape index (κ1) is 22.6. The maximum absolute atomic E-state index is 11.3. The van der Waals surface area contributed by atoms with Gasteiger partial charge < -0.3 is 10.2 Å². The number of sulfonamides is 1. The summed E-state index contributed by atoms with van der Waals surface area (Å²) in [4.78, 5) is 6.18. The van der Waals surface area contributed by atoms with Crippen LogP contribution in [0, 0.1) is 0 Å². The Hall–Kier alpha value is -0.390. The predicted molar refractivity (Wildman–Crippen MR) is 110 cm³/mol. The molecule has 0 heterocycles. The molecule has 0 fully saturated rings. The number of nitrogens with one attached hydrogen (secondary N) is 2. The summed E-state index contributed by atoms with van der Waals surface area (Å²) in [5.74, 6) is 0.809. The summed E-state index contributed by atoms with van der Waals surface area (Å²) in [5.41, 5.74) is 1.17. The number of nitrogens with zero attached hydrogens (tertiary/aromatic N) is 2. The molecule has 1 rings (SSSR count). The van der Waals surface area contributed by atoms with Gasteiger partial charge in [-0.2, -0.15) is 0 Å². The standard InChI is InChI=1S/C14H23BrN4O2S.HI/c1-4-22(20,21)18-10-9-17-14(16-2)19(3)11-12-5-7-13(15)8-6-12;/h5-8,18H,4,9-11H2,1-3H3,(H,16,17);1H. The van der Waals surface area contributed by atoms with Crippen LogP contribution < -0.4 is 10.0 Å². The van der Waals surface area contributed by atoms with Gasteiger partial charge in [-0.3, -0.25) is 4.99 Å². The molecule has 0 spiro atoms. The smallest absolute Gasteiger partial charge is 0.211 e. The average molecular weight is 519 g/mol. The van der Waals surface area contributed by atoms with E-state index in [2.05, 4.69) is 31.0 Å². The van der Waals surface area contributed by atoms with Gasteiger partial charge in [0.05, 0.1) is 5.75 Å². The van der Waals surface area contributed by atoms with Gasteiger partial charge in [-0.1, -0.05) is 28.1 Å². The fourth-order valence-electron chi connectivity index (χ4n) is 1.81. The lowest BCUT2D eigenvalue weighted by Crippen LogP contribution is -2.42. The molecule has 0 atom stereocenters. The predicted octanol–water partition coefficient (Wildman–Crippen LogP) is 2.01. The number of rotatable bonds is 7. The zero-order valence-electron chi connectivity index (χ0n) is 13.5. The molecule has 0 saturated carbocycles. The molecule has 0 aliphatic rings. The first-order chi connectivity index (χ1) is 10.4. The minimum Gasteiger partial charge on any atom is -0.355 e. The lowest BCUT2D eigenvalue weighted by Gasteiger charge is -2.22. The third kappa shape index (κ3) is 8.87. The van der Waals surface area contributed by atoms with Crippen LogP contribution in [0.3, 0.4) is 0 Å². The van der Waals surface area contributed by atoms with Crippen molar-refractivity contribution in [2.24, 2.45) is 4.99 Å². The molecular formula is C14H24BrIN4O2S. The normalized spacial score (nSPS) is 11.7. The summed E-state index contributed by atoms with van der Waals surface area (Å²) in [6.07, 6.45) is 0. The Morgan fingerprint density at radius 1 is 1.26 bits per heavy atom. The van der Waals surface area contributed by atoms with Gasteiger partial charge in [0, 0.05) is 38.2 Å². The lowest BCUT2D eigenvalue weighted by atomic mass is 10.2. The monoisotopic (exact) mass is 518 g/mol. The fourth-order valence-corrected chi connectivity index (χ4v) is 2.69. The molecule has 0 aliphatic heterocycles. The third-order valence-electron chi connectivity index (χ3n) is 3.02. The number of guanidine groups is 1. The molecule has 0 unspecified atom stereocenters. The number of halogens is 2. The molecule has 1 aromatic rings. The van der Waals surface area contributed by atoms with E-state index < -0.39 is 10.0 Å². The summed E-state index contributed by atoms with van der Waals surface area (Å²) in [7, 11) is 0.498. The van der Waals surface area contributed by atoms with Crippen molar-refractivity contribution >= 4 is 55.9 Å². The average Bonchev–Trinajstić information content (AvgIpc) is 2.49. The van der Waals surface area contributed by atoms with Gasteiger partial charge in [-0.05, 0) is 24.6 Å². The zero-order valence-corrected chi connectivity index (χ0v) is 18.3. The second kappa shape index (κ2) is 11.2. The van der Waals surface area contributed by atoms with E-state index in [-0.39, 0.29) is 29.7 Å². The van der Waals surface area contributed by atoms with E-state index in [1.807, 2.05) is 36.2 Å². The first-order valence-electron chi connectivity index (χ1n) is 7.01. The zero-order chi connectivity index (χ0) is 16.6. The lowest BCUT2D eigenvalue weighted by molar-refractivity contribution is 0.477. The molecule has 2 N–H and O–H groups in total. The Bertz CT molecular complexity index is 593. The van der Waals surface area contributed by atoms with Crippen molar-refractivity contribution in [3.63, 3.8) is 0 Å². The van der Waals surface area contributed by atoms with Crippen LogP contribution in [0.25, 0.3) is 0 Å². The van der Waals surface area contributed by atoms with Crippen LogP contribution in [-0.4, -0.2) is 52.2 Å². The van der Waals surface area contributed by atoms with Crippen molar-refractivity contribution < 1.29 is 8.42 Å². The minimum absolute atomic E-state index is 0. The molecule has 9 heteroatoms. The molecule has 6 nitrogen and oxygen atoms in total. The molecule has 1 aromatic carbocycles. The van der Waals surface area contributed by atoms with Crippen LogP contribution in [0.4, 0.5) is 0 Å². The summed E-state index contributed by atoms with van der Waals surface area (Å²) >= 11 is 3.41. The minimum atomic E-state index is -3.14. The van der Waals surface area contributed by atoms with Gasteiger partial charge >= 0.3 is 0 Å². The van der Waals surface area contributed by atoms with Gasteiger partial charge in [0.1, 0.15) is 0 Å². The SMILES string of the molecule is CCS(=O)(=O)NCCNC(=NC)N(C)Cc1ccc(Br)cc1.I. The van der Waals surface area contributed by atoms with Crippen LogP contribution >= 0.6 is 39.9 Å². The second-order valence-corrected chi connectivity index (χ2v) is 7.77. The van der Waals surface area contributed by atoms with E-state index >= 15 is 0 Å². The van der Waals surface area contributed by atoms with Crippen molar-refractivity contribution in [1.82, 2.24) is 14.9 Å². The van der Waals surface area contributed by atoms with Gasteiger partial charge in [0.25, 0.3) is 0 Å². The van der Waals surface area contributed by atoms with Gasteiger partial charge in [-0.15, -0.1) is 24.0 Å².